The second-order valence-corrected chi connectivity index (χ2v) is 6.61. The SMILES string of the molecule is C[C@H]1CC[C@@H](C(N)=O)CN1C(=O)CCC1CCCCC1. The molecule has 0 spiro atoms. The predicted octanol–water partition coefficient (Wildman–Crippen LogP) is 2.46. The van der Waals surface area contributed by atoms with Gasteiger partial charge in [0.2, 0.25) is 11.8 Å². The van der Waals surface area contributed by atoms with Crippen LogP contribution in [0.1, 0.15) is 64.7 Å². The molecule has 114 valence electrons. The Morgan fingerprint density at radius 1 is 1.10 bits per heavy atom. The molecule has 1 aliphatic heterocycles. The number of rotatable bonds is 4. The number of nitrogens with zero attached hydrogens (tertiary/aromatic N) is 1. The fraction of sp³-hybridized carbons (Fsp3) is 0.875. The summed E-state index contributed by atoms with van der Waals surface area (Å²) in [6, 6.07) is 0.254. The molecule has 0 aromatic carbocycles. The van der Waals surface area contributed by atoms with Crippen LogP contribution in [0.4, 0.5) is 0 Å². The zero-order valence-corrected chi connectivity index (χ0v) is 12.6. The smallest absolute Gasteiger partial charge is 0.222 e. The summed E-state index contributed by atoms with van der Waals surface area (Å²) < 4.78 is 0. The van der Waals surface area contributed by atoms with Crippen molar-refractivity contribution in [3.63, 3.8) is 0 Å². The molecule has 1 heterocycles. The highest BCUT2D eigenvalue weighted by molar-refractivity contribution is 5.80. The quantitative estimate of drug-likeness (QED) is 0.859. The van der Waals surface area contributed by atoms with Crippen LogP contribution in [0.25, 0.3) is 0 Å². The third-order valence-electron chi connectivity index (χ3n) is 5.10. The van der Waals surface area contributed by atoms with Crippen molar-refractivity contribution in [1.82, 2.24) is 4.90 Å². The van der Waals surface area contributed by atoms with Crippen molar-refractivity contribution in [3.8, 4) is 0 Å². The molecule has 4 heteroatoms. The van der Waals surface area contributed by atoms with Crippen molar-refractivity contribution >= 4 is 11.8 Å². The van der Waals surface area contributed by atoms with Crippen molar-refractivity contribution in [1.29, 1.82) is 0 Å². The standard InChI is InChI=1S/C16H28N2O2/c1-12-7-9-14(16(17)20)11-18(12)15(19)10-8-13-5-3-2-4-6-13/h12-14H,2-11H2,1H3,(H2,17,20)/t12-,14+/m0/s1. The average Bonchev–Trinajstić information content (AvgIpc) is 2.46. The van der Waals surface area contributed by atoms with Crippen LogP contribution in [-0.4, -0.2) is 29.3 Å². The van der Waals surface area contributed by atoms with E-state index in [0.29, 0.717) is 13.0 Å². The van der Waals surface area contributed by atoms with Gasteiger partial charge >= 0.3 is 0 Å². The molecule has 0 aromatic heterocycles. The van der Waals surface area contributed by atoms with Crippen molar-refractivity contribution in [2.24, 2.45) is 17.6 Å². The molecular formula is C16H28N2O2. The Kier molecular flexibility index (Phi) is 5.44. The molecule has 2 N–H and O–H groups in total. The van der Waals surface area contributed by atoms with E-state index in [2.05, 4.69) is 6.92 Å². The summed E-state index contributed by atoms with van der Waals surface area (Å²) in [5.74, 6) is 0.542. The summed E-state index contributed by atoms with van der Waals surface area (Å²) >= 11 is 0. The second kappa shape index (κ2) is 7.09. The van der Waals surface area contributed by atoms with E-state index in [1.165, 1.54) is 32.1 Å². The van der Waals surface area contributed by atoms with Gasteiger partial charge in [-0.2, -0.15) is 0 Å². The first kappa shape index (κ1) is 15.3. The third-order valence-corrected chi connectivity index (χ3v) is 5.10. The maximum absolute atomic E-state index is 12.4. The lowest BCUT2D eigenvalue weighted by Gasteiger charge is -2.37. The van der Waals surface area contributed by atoms with Gasteiger partial charge in [-0.25, -0.2) is 0 Å². The zero-order valence-electron chi connectivity index (χ0n) is 12.6. The number of carbonyl (C=O) groups is 2. The molecule has 2 atom stereocenters. The molecule has 2 amide bonds. The van der Waals surface area contributed by atoms with Crippen LogP contribution in [0.3, 0.4) is 0 Å². The number of primary amides is 1. The van der Waals surface area contributed by atoms with Gasteiger partial charge in [0, 0.05) is 19.0 Å². The lowest BCUT2D eigenvalue weighted by molar-refractivity contribution is -0.137. The Bertz CT molecular complexity index is 350. The Morgan fingerprint density at radius 2 is 1.80 bits per heavy atom. The fourth-order valence-corrected chi connectivity index (χ4v) is 3.63. The molecule has 4 nitrogen and oxygen atoms in total. The predicted molar refractivity (Wildman–Crippen MR) is 78.9 cm³/mol. The molecule has 1 saturated heterocycles. The van der Waals surface area contributed by atoms with E-state index in [1.54, 1.807) is 0 Å². The number of nitrogens with two attached hydrogens (primary N) is 1. The highest BCUT2D eigenvalue weighted by Crippen LogP contribution is 2.28. The molecular weight excluding hydrogens is 252 g/mol. The molecule has 20 heavy (non-hydrogen) atoms. The number of hydrogen-bond donors (Lipinski definition) is 1. The highest BCUT2D eigenvalue weighted by Gasteiger charge is 2.31. The van der Waals surface area contributed by atoms with Gasteiger partial charge in [0.05, 0.1) is 5.92 Å². The van der Waals surface area contributed by atoms with Crippen LogP contribution in [0, 0.1) is 11.8 Å². The maximum atomic E-state index is 12.4. The van der Waals surface area contributed by atoms with E-state index in [1.807, 2.05) is 4.90 Å². The van der Waals surface area contributed by atoms with Crippen molar-refractivity contribution < 1.29 is 9.59 Å². The number of likely N-dealkylation sites (tertiary alicyclic amines) is 1. The molecule has 2 aliphatic rings. The van der Waals surface area contributed by atoms with E-state index in [0.717, 1.165) is 25.2 Å². The summed E-state index contributed by atoms with van der Waals surface area (Å²) in [5.41, 5.74) is 5.39. The molecule has 0 aromatic rings. The van der Waals surface area contributed by atoms with Crippen molar-refractivity contribution in [2.75, 3.05) is 6.54 Å². The van der Waals surface area contributed by atoms with E-state index >= 15 is 0 Å². The van der Waals surface area contributed by atoms with Gasteiger partial charge in [-0.3, -0.25) is 9.59 Å². The summed E-state index contributed by atoms with van der Waals surface area (Å²) in [5, 5.41) is 0. The number of hydrogen-bond acceptors (Lipinski definition) is 2. The van der Waals surface area contributed by atoms with Crippen LogP contribution in [0.2, 0.25) is 0 Å². The molecule has 2 fully saturated rings. The van der Waals surface area contributed by atoms with Gasteiger partial charge < -0.3 is 10.6 Å². The first-order chi connectivity index (χ1) is 9.58. The Hall–Kier alpha value is -1.06. The van der Waals surface area contributed by atoms with E-state index < -0.39 is 0 Å². The third kappa shape index (κ3) is 3.97. The molecule has 2 rings (SSSR count). The molecule has 1 aliphatic carbocycles. The Morgan fingerprint density at radius 3 is 2.45 bits per heavy atom. The highest BCUT2D eigenvalue weighted by atomic mass is 16.2. The van der Waals surface area contributed by atoms with Gasteiger partial charge in [0.25, 0.3) is 0 Å². The Balaban J connectivity index is 1.81. The minimum atomic E-state index is -0.262. The topological polar surface area (TPSA) is 63.4 Å². The van der Waals surface area contributed by atoms with Crippen LogP contribution < -0.4 is 5.73 Å². The summed E-state index contributed by atoms with van der Waals surface area (Å²) in [4.78, 5) is 25.6. The van der Waals surface area contributed by atoms with E-state index in [-0.39, 0.29) is 23.8 Å². The van der Waals surface area contributed by atoms with Gasteiger partial charge in [-0.05, 0) is 32.1 Å². The molecule has 0 bridgehead atoms. The average molecular weight is 280 g/mol. The van der Waals surface area contributed by atoms with Crippen molar-refractivity contribution in [3.05, 3.63) is 0 Å². The first-order valence-corrected chi connectivity index (χ1v) is 8.16. The Labute approximate surface area is 122 Å². The lowest BCUT2D eigenvalue weighted by Crippen LogP contribution is -2.48. The molecule has 1 saturated carbocycles. The van der Waals surface area contributed by atoms with Gasteiger partial charge in [-0.15, -0.1) is 0 Å². The van der Waals surface area contributed by atoms with Crippen LogP contribution in [0.15, 0.2) is 0 Å². The monoisotopic (exact) mass is 280 g/mol. The molecule has 0 unspecified atom stereocenters. The van der Waals surface area contributed by atoms with Gasteiger partial charge in [0.15, 0.2) is 0 Å². The van der Waals surface area contributed by atoms with Crippen molar-refractivity contribution in [2.45, 2.75) is 70.8 Å². The minimum Gasteiger partial charge on any atom is -0.369 e. The summed E-state index contributed by atoms with van der Waals surface area (Å²) in [6.45, 7) is 2.61. The van der Waals surface area contributed by atoms with Gasteiger partial charge in [-0.1, -0.05) is 32.1 Å². The summed E-state index contributed by atoms with van der Waals surface area (Å²) in [6.07, 6.45) is 9.94. The second-order valence-electron chi connectivity index (χ2n) is 6.61. The minimum absolute atomic E-state index is 0.148. The first-order valence-electron chi connectivity index (χ1n) is 8.16. The molecule has 0 radical (unpaired) electrons. The summed E-state index contributed by atoms with van der Waals surface area (Å²) in [7, 11) is 0. The van der Waals surface area contributed by atoms with E-state index in [9.17, 15) is 9.59 Å². The lowest BCUT2D eigenvalue weighted by atomic mass is 9.85. The van der Waals surface area contributed by atoms with Crippen LogP contribution in [-0.2, 0) is 9.59 Å². The number of piperidine rings is 1. The number of carbonyl (C=O) groups excluding carboxylic acids is 2. The number of amides is 2. The van der Waals surface area contributed by atoms with Crippen LogP contribution >= 0.6 is 0 Å². The van der Waals surface area contributed by atoms with E-state index in [4.69, 9.17) is 5.73 Å². The maximum Gasteiger partial charge on any atom is 0.222 e. The fourth-order valence-electron chi connectivity index (χ4n) is 3.63. The zero-order chi connectivity index (χ0) is 14.5. The van der Waals surface area contributed by atoms with Gasteiger partial charge in [0.1, 0.15) is 0 Å². The normalized spacial score (nSPS) is 28.4. The largest absolute Gasteiger partial charge is 0.369 e. The van der Waals surface area contributed by atoms with Crippen LogP contribution in [0.5, 0.6) is 0 Å².